The third-order valence-corrected chi connectivity index (χ3v) is 29.4. The largest absolute Gasteiger partial charge is 0.311 e. The number of fused-ring (bicyclic) bond motifs is 12. The molecule has 0 radical (unpaired) electrons. The lowest BCUT2D eigenvalue weighted by atomic mass is 9.33. The third kappa shape index (κ3) is 15.2. The molecule has 0 saturated heterocycles. The van der Waals surface area contributed by atoms with Gasteiger partial charge < -0.3 is 29.4 Å². The summed E-state index contributed by atoms with van der Waals surface area (Å²) in [6.45, 7) is 11.2. The topological polar surface area (TPSA) is 19.4 Å². The fourth-order valence-corrected chi connectivity index (χ4v) is 22.6. The van der Waals surface area contributed by atoms with Crippen LogP contribution in [-0.2, 0) is 0 Å². The maximum Gasteiger partial charge on any atom is 0.252 e. The van der Waals surface area contributed by atoms with Crippen molar-refractivity contribution in [2.45, 2.75) is 40.5 Å². The predicted molar refractivity (Wildman–Crippen MR) is 602 cm³/mol. The van der Waals surface area contributed by atoms with E-state index in [1.807, 2.05) is 0 Å². The Morgan fingerprint density at radius 2 is 0.348 bits per heavy atom. The lowest BCUT2D eigenvalue weighted by Crippen LogP contribution is -2.61. The molecular formula is C132H99B3N6. The minimum atomic E-state index is 0.0889. The van der Waals surface area contributed by atoms with Crippen LogP contribution in [0.5, 0.6) is 0 Å². The number of rotatable bonds is 13. The van der Waals surface area contributed by atoms with E-state index in [9.17, 15) is 0 Å². The molecule has 6 nitrogen and oxygen atoms in total. The van der Waals surface area contributed by atoms with Crippen molar-refractivity contribution in [3.05, 3.63) is 526 Å². The fourth-order valence-electron chi connectivity index (χ4n) is 22.6. The van der Waals surface area contributed by atoms with Crippen LogP contribution in [-0.4, -0.2) is 20.1 Å². The van der Waals surface area contributed by atoms with Gasteiger partial charge in [-0.05, 0) is 294 Å². The van der Waals surface area contributed by atoms with Crippen molar-refractivity contribution in [2.24, 2.45) is 0 Å². The molecule has 0 bridgehead atoms. The average Bonchev–Trinajstić information content (AvgIpc) is 0.707. The molecule has 0 unspecified atom stereocenters. The molecule has 21 aromatic carbocycles. The molecule has 0 aliphatic carbocycles. The maximum absolute atomic E-state index is 2.49. The Balaban J connectivity index is 0.000000111. The molecule has 27 rings (SSSR count). The van der Waals surface area contributed by atoms with Crippen LogP contribution in [0, 0.1) is 20.8 Å². The summed E-state index contributed by atoms with van der Waals surface area (Å²) in [5.74, 6) is 0.505. The molecule has 0 atom stereocenters. The molecule has 0 aromatic heterocycles. The number of anilines is 18. The Hall–Kier alpha value is -17.4. The molecule has 9 heteroatoms. The highest BCUT2D eigenvalue weighted by molar-refractivity contribution is 7.02. The number of nitrogens with zero attached hydrogens (tertiary/aromatic N) is 6. The van der Waals surface area contributed by atoms with Crippen LogP contribution in [0.25, 0.3) is 66.8 Å². The smallest absolute Gasteiger partial charge is 0.252 e. The number of para-hydroxylation sites is 5. The van der Waals surface area contributed by atoms with Crippen molar-refractivity contribution >= 4 is 172 Å². The first-order chi connectivity index (χ1) is 69.5. The zero-order valence-corrected chi connectivity index (χ0v) is 79.4. The molecule has 0 saturated carbocycles. The lowest BCUT2D eigenvalue weighted by Gasteiger charge is -2.44. The van der Waals surface area contributed by atoms with Gasteiger partial charge in [0, 0.05) is 102 Å². The first-order valence-electron chi connectivity index (χ1n) is 49.3. The molecule has 0 fully saturated rings. The molecule has 21 aromatic rings. The Morgan fingerprint density at radius 1 is 0.149 bits per heavy atom. The van der Waals surface area contributed by atoms with Gasteiger partial charge in [-0.1, -0.05) is 388 Å². The SMILES string of the molecule is CC(C)c1ccc(-c2ccc3c(c2)B2c4ccccc4N(c4ccccc4)c4cccc(c42)N3c2ccc(-c3ccccc3)cc2)cc1.Cc1ccc(-c2cccc(N3c4ccc(-c5ccc(C)cc5)cc4B4c5ccccc5N(c5ccc(C)cc5)c5cccc3c54)c2)cc1.c1ccc(-c2cccc(N3c4ccc(-c5ccccc5)cc4B4c5ccccc5N(c5ccccc5)c5cccc3c54)c2)cc1. The monoisotopic (exact) mass is 1800 g/mol. The number of hydrogen-bond donors (Lipinski definition) is 0. The number of aryl methyl sites for hydroxylation is 3. The van der Waals surface area contributed by atoms with Crippen molar-refractivity contribution < 1.29 is 0 Å². The van der Waals surface area contributed by atoms with Gasteiger partial charge >= 0.3 is 0 Å². The summed E-state index contributed by atoms with van der Waals surface area (Å²) in [5.41, 5.74) is 53.5. The van der Waals surface area contributed by atoms with Gasteiger partial charge in [-0.15, -0.1) is 0 Å². The molecular weight excluding hydrogens is 1700 g/mol. The summed E-state index contributed by atoms with van der Waals surface area (Å²) in [6, 6.07) is 185. The summed E-state index contributed by atoms with van der Waals surface area (Å²) in [7, 11) is 0. The van der Waals surface area contributed by atoms with Crippen molar-refractivity contribution in [3.8, 4) is 66.8 Å². The summed E-state index contributed by atoms with van der Waals surface area (Å²) >= 11 is 0. The van der Waals surface area contributed by atoms with Gasteiger partial charge in [-0.3, -0.25) is 0 Å². The van der Waals surface area contributed by atoms with E-state index in [4.69, 9.17) is 0 Å². The van der Waals surface area contributed by atoms with Crippen LogP contribution in [0.15, 0.2) is 504 Å². The molecule has 6 heterocycles. The van der Waals surface area contributed by atoms with E-state index in [-0.39, 0.29) is 20.1 Å². The zero-order chi connectivity index (χ0) is 94.3. The average molecular weight is 1800 g/mol. The van der Waals surface area contributed by atoms with Gasteiger partial charge in [0.2, 0.25) is 0 Å². The molecule has 0 N–H and O–H groups in total. The van der Waals surface area contributed by atoms with Crippen molar-refractivity contribution in [2.75, 3.05) is 29.4 Å². The van der Waals surface area contributed by atoms with E-state index in [0.29, 0.717) is 5.92 Å². The van der Waals surface area contributed by atoms with Crippen molar-refractivity contribution in [1.29, 1.82) is 0 Å². The van der Waals surface area contributed by atoms with E-state index in [0.717, 1.165) is 17.1 Å². The summed E-state index contributed by atoms with van der Waals surface area (Å²) in [5, 5.41) is 0. The fraction of sp³-hybridized carbons (Fsp3) is 0.0455. The van der Waals surface area contributed by atoms with E-state index >= 15 is 0 Å². The number of benzene rings is 21. The second-order valence-electron chi connectivity index (χ2n) is 38.2. The molecule has 141 heavy (non-hydrogen) atoms. The highest BCUT2D eigenvalue weighted by atomic mass is 15.2. The Bertz CT molecular complexity index is 8310. The first kappa shape index (κ1) is 85.3. The molecule has 666 valence electrons. The van der Waals surface area contributed by atoms with E-state index in [2.05, 4.69) is 568 Å². The van der Waals surface area contributed by atoms with E-state index in [1.54, 1.807) is 0 Å². The Kier molecular flexibility index (Phi) is 21.7. The van der Waals surface area contributed by atoms with Gasteiger partial charge in [0.15, 0.2) is 0 Å². The standard InChI is InChI=1S/2C45H35BN2.C42H29BN2/c1-30-14-20-33(21-15-30)35-8-6-9-38(28-35)48-42-27-24-36(34-22-16-31(2)17-23-34)29-40(42)46-39-10-4-5-11-41(39)47(37-25-18-32(3)19-26-37)43-12-7-13-44(48)45(43)46;1-31(2)32-20-22-35(23-21-32)36-26-29-42-40(30-36)46-39-16-9-10-17-41(39)47(37-14-7-4-8-15-37)43-18-11-19-44(45(43)46)48(42)38-27-24-34(25-28-38)33-12-5-3-6-13-33;1-4-14-30(15-5-1)32-18-12-21-35(28-32)45-39-27-26-33(31-16-6-2-7-17-31)29-37(39)43-36-22-10-11-23-38(36)44(34-19-8-3-9-20-34)40-24-13-25-41(45)42(40)43/h4-29H,1-3H3;3-31H,1-2H3;1-29H. The highest BCUT2D eigenvalue weighted by Gasteiger charge is 2.47. The minimum absolute atomic E-state index is 0.0889. The zero-order valence-electron chi connectivity index (χ0n) is 79.4. The van der Waals surface area contributed by atoms with Gasteiger partial charge in [0.05, 0.1) is 0 Å². The second kappa shape index (κ2) is 35.9. The van der Waals surface area contributed by atoms with Crippen LogP contribution in [0.1, 0.15) is 42.0 Å². The summed E-state index contributed by atoms with van der Waals surface area (Å²) in [4.78, 5) is 14.8. The summed E-state index contributed by atoms with van der Waals surface area (Å²) in [6.07, 6.45) is 0. The highest BCUT2D eigenvalue weighted by Crippen LogP contribution is 2.51. The van der Waals surface area contributed by atoms with Crippen LogP contribution in [0.2, 0.25) is 0 Å². The summed E-state index contributed by atoms with van der Waals surface area (Å²) < 4.78 is 0. The van der Waals surface area contributed by atoms with Crippen molar-refractivity contribution in [3.63, 3.8) is 0 Å². The van der Waals surface area contributed by atoms with Gasteiger partial charge in [0.25, 0.3) is 20.1 Å². The maximum atomic E-state index is 2.49. The van der Waals surface area contributed by atoms with Gasteiger partial charge in [-0.25, -0.2) is 0 Å². The number of hydrogen-bond acceptors (Lipinski definition) is 6. The predicted octanol–water partition coefficient (Wildman–Crippen LogP) is 29.4. The Labute approximate surface area is 828 Å². The van der Waals surface area contributed by atoms with Gasteiger partial charge in [0.1, 0.15) is 0 Å². The lowest BCUT2D eigenvalue weighted by molar-refractivity contribution is 0.867. The van der Waals surface area contributed by atoms with E-state index in [1.165, 1.54) is 223 Å². The molecule has 6 aliphatic heterocycles. The Morgan fingerprint density at radius 3 is 0.674 bits per heavy atom. The second-order valence-corrected chi connectivity index (χ2v) is 38.2. The third-order valence-electron chi connectivity index (χ3n) is 29.4. The van der Waals surface area contributed by atoms with E-state index < -0.39 is 0 Å². The van der Waals surface area contributed by atoms with Crippen molar-refractivity contribution in [1.82, 2.24) is 0 Å². The van der Waals surface area contributed by atoms with Gasteiger partial charge in [-0.2, -0.15) is 0 Å². The normalized spacial score (nSPS) is 12.8. The molecule has 6 aliphatic rings. The quantitative estimate of drug-likeness (QED) is 0.106. The molecule has 0 spiro atoms. The van der Waals surface area contributed by atoms with Crippen LogP contribution in [0.3, 0.4) is 0 Å². The van der Waals surface area contributed by atoms with Crippen LogP contribution < -0.4 is 78.6 Å². The van der Waals surface area contributed by atoms with Crippen LogP contribution >= 0.6 is 0 Å². The van der Waals surface area contributed by atoms with Crippen LogP contribution in [0.4, 0.5) is 102 Å². The minimum Gasteiger partial charge on any atom is -0.311 e. The first-order valence-corrected chi connectivity index (χ1v) is 49.3. The molecule has 0 amide bonds.